The van der Waals surface area contributed by atoms with Crippen LogP contribution in [0.4, 0.5) is 0 Å². The van der Waals surface area contributed by atoms with Crippen LogP contribution in [0, 0.1) is 11.3 Å². The van der Waals surface area contributed by atoms with Gasteiger partial charge in [0.1, 0.15) is 5.76 Å². The van der Waals surface area contributed by atoms with Crippen molar-refractivity contribution >= 4 is 46.5 Å². The van der Waals surface area contributed by atoms with Gasteiger partial charge in [-0.3, -0.25) is 9.59 Å². The van der Waals surface area contributed by atoms with Crippen molar-refractivity contribution in [3.05, 3.63) is 79.8 Å². The van der Waals surface area contributed by atoms with Gasteiger partial charge >= 0.3 is 0 Å². The Bertz CT molecular complexity index is 1080. The number of benzene rings is 1. The average Bonchev–Trinajstić information content (AvgIpc) is 3.21. The average molecular weight is 447 g/mol. The predicted octanol–water partition coefficient (Wildman–Crippen LogP) is 5.49. The second-order valence-corrected chi connectivity index (χ2v) is 8.16. The summed E-state index contributed by atoms with van der Waals surface area (Å²) in [6, 6.07) is 10.3. The minimum Gasteiger partial charge on any atom is -0.468 e. The van der Waals surface area contributed by atoms with Crippen molar-refractivity contribution in [1.29, 1.82) is 5.26 Å². The Hall–Kier alpha value is -2.46. The summed E-state index contributed by atoms with van der Waals surface area (Å²) in [5.41, 5.74) is 1.86. The normalized spacial score (nSPS) is 16.4. The number of carbonyl (C=O) groups is 2. The number of nitriles is 1. The molecule has 0 amide bonds. The van der Waals surface area contributed by atoms with Crippen molar-refractivity contribution in [3.63, 3.8) is 0 Å². The zero-order valence-electron chi connectivity index (χ0n) is 15.6. The van der Waals surface area contributed by atoms with E-state index in [1.807, 2.05) is 0 Å². The van der Waals surface area contributed by atoms with Gasteiger partial charge in [0, 0.05) is 16.8 Å². The highest BCUT2D eigenvalue weighted by Gasteiger charge is 2.34. The van der Waals surface area contributed by atoms with Crippen molar-refractivity contribution in [2.45, 2.75) is 19.8 Å². The fraction of sp³-hybridized carbons (Fsp3) is 0.190. The van der Waals surface area contributed by atoms with E-state index >= 15 is 0 Å². The highest BCUT2D eigenvalue weighted by molar-refractivity contribution is 8.03. The Morgan fingerprint density at radius 3 is 2.62 bits per heavy atom. The molecule has 2 heterocycles. The molecule has 1 N–H and O–H groups in total. The van der Waals surface area contributed by atoms with Gasteiger partial charge in [-0.25, -0.2) is 0 Å². The third kappa shape index (κ3) is 4.43. The molecular formula is C21H16Cl2N2O3S. The van der Waals surface area contributed by atoms with E-state index in [2.05, 4.69) is 11.4 Å². The molecule has 3 rings (SSSR count). The second-order valence-electron chi connectivity index (χ2n) is 6.36. The number of nitrogens with zero attached hydrogens (tertiary/aromatic N) is 1. The van der Waals surface area contributed by atoms with E-state index in [9.17, 15) is 14.9 Å². The van der Waals surface area contributed by atoms with Crippen LogP contribution in [0.25, 0.3) is 0 Å². The fourth-order valence-corrected chi connectivity index (χ4v) is 4.41. The van der Waals surface area contributed by atoms with E-state index in [0.29, 0.717) is 43.2 Å². The molecule has 0 aliphatic carbocycles. The summed E-state index contributed by atoms with van der Waals surface area (Å²) in [4.78, 5) is 24.8. The smallest absolute Gasteiger partial charge is 0.173 e. The lowest BCUT2D eigenvalue weighted by molar-refractivity contribution is -0.113. The number of carbonyl (C=O) groups excluding carboxylic acids is 2. The van der Waals surface area contributed by atoms with E-state index in [-0.39, 0.29) is 17.3 Å². The maximum absolute atomic E-state index is 12.6. The molecule has 29 heavy (non-hydrogen) atoms. The molecule has 2 aromatic rings. The Morgan fingerprint density at radius 2 is 2.03 bits per heavy atom. The molecular weight excluding hydrogens is 431 g/mol. The SMILES string of the molecule is CC(=O)C1=C(C)NC(SCC(=O)c2ccc(Cl)c(Cl)c2)=C(C#N)[C@H]1c1ccco1. The van der Waals surface area contributed by atoms with Crippen LogP contribution in [-0.2, 0) is 4.79 Å². The molecule has 0 saturated carbocycles. The summed E-state index contributed by atoms with van der Waals surface area (Å²) < 4.78 is 5.50. The van der Waals surface area contributed by atoms with Crippen LogP contribution in [0.3, 0.4) is 0 Å². The van der Waals surface area contributed by atoms with Gasteiger partial charge in [0.15, 0.2) is 11.6 Å². The van der Waals surface area contributed by atoms with Crippen molar-refractivity contribution in [3.8, 4) is 6.07 Å². The fourth-order valence-electron chi connectivity index (χ4n) is 3.12. The zero-order chi connectivity index (χ0) is 21.1. The lowest BCUT2D eigenvalue weighted by Gasteiger charge is -2.27. The molecule has 0 spiro atoms. The van der Waals surface area contributed by atoms with E-state index in [0.717, 1.165) is 0 Å². The van der Waals surface area contributed by atoms with E-state index in [1.165, 1.54) is 31.0 Å². The number of allylic oxidation sites excluding steroid dienone is 3. The van der Waals surface area contributed by atoms with Crippen LogP contribution in [0.5, 0.6) is 0 Å². The molecule has 1 atom stereocenters. The first-order valence-corrected chi connectivity index (χ1v) is 10.3. The standard InChI is InChI=1S/C21H16Cl2N2O3S/c1-11-19(12(2)26)20(18-4-3-7-28-18)14(9-24)21(25-11)29-10-17(27)13-5-6-15(22)16(23)8-13/h3-8,20,25H,10H2,1-2H3/t20-/m0/s1. The maximum Gasteiger partial charge on any atom is 0.173 e. The second kappa shape index (κ2) is 8.91. The molecule has 0 fully saturated rings. The summed E-state index contributed by atoms with van der Waals surface area (Å²) >= 11 is 13.1. The molecule has 1 aliphatic heterocycles. The number of rotatable bonds is 6. The van der Waals surface area contributed by atoms with E-state index in [1.54, 1.807) is 31.2 Å². The Morgan fingerprint density at radius 1 is 1.28 bits per heavy atom. The minimum absolute atomic E-state index is 0.0824. The monoisotopic (exact) mass is 446 g/mol. The van der Waals surface area contributed by atoms with Gasteiger partial charge in [-0.1, -0.05) is 35.0 Å². The van der Waals surface area contributed by atoms with Crippen molar-refractivity contribution in [2.24, 2.45) is 0 Å². The number of hydrogen-bond donors (Lipinski definition) is 1. The van der Waals surface area contributed by atoms with Gasteiger partial charge in [-0.05, 0) is 44.2 Å². The zero-order valence-corrected chi connectivity index (χ0v) is 17.9. The topological polar surface area (TPSA) is 83.1 Å². The van der Waals surface area contributed by atoms with Crippen molar-refractivity contribution in [2.75, 3.05) is 5.75 Å². The van der Waals surface area contributed by atoms with Gasteiger partial charge in [0.25, 0.3) is 0 Å². The molecule has 0 unspecified atom stereocenters. The molecule has 8 heteroatoms. The van der Waals surface area contributed by atoms with Crippen LogP contribution < -0.4 is 5.32 Å². The summed E-state index contributed by atoms with van der Waals surface area (Å²) in [6.07, 6.45) is 1.50. The van der Waals surface area contributed by atoms with Gasteiger partial charge in [0.2, 0.25) is 0 Å². The van der Waals surface area contributed by atoms with E-state index in [4.69, 9.17) is 27.6 Å². The van der Waals surface area contributed by atoms with Crippen LogP contribution in [0.1, 0.15) is 35.9 Å². The number of hydrogen-bond acceptors (Lipinski definition) is 6. The Labute approximate surface area is 182 Å². The van der Waals surface area contributed by atoms with Crippen LogP contribution in [0.2, 0.25) is 10.0 Å². The molecule has 1 aliphatic rings. The minimum atomic E-state index is -0.615. The Kier molecular flexibility index (Phi) is 6.53. The van der Waals surface area contributed by atoms with Crippen LogP contribution >= 0.6 is 35.0 Å². The number of furan rings is 1. The summed E-state index contributed by atoms with van der Waals surface area (Å²) in [5, 5.41) is 14.1. The largest absolute Gasteiger partial charge is 0.468 e. The lowest BCUT2D eigenvalue weighted by Crippen LogP contribution is -2.27. The van der Waals surface area contributed by atoms with Gasteiger partial charge < -0.3 is 9.73 Å². The Balaban J connectivity index is 1.90. The molecule has 1 aromatic carbocycles. The van der Waals surface area contributed by atoms with Crippen LogP contribution in [-0.4, -0.2) is 17.3 Å². The maximum atomic E-state index is 12.6. The highest BCUT2D eigenvalue weighted by Crippen LogP contribution is 2.41. The molecule has 0 radical (unpaired) electrons. The van der Waals surface area contributed by atoms with Crippen molar-refractivity contribution < 1.29 is 14.0 Å². The number of thioether (sulfide) groups is 1. The first-order chi connectivity index (χ1) is 13.8. The number of dihydropyridines is 1. The molecule has 0 bridgehead atoms. The first-order valence-electron chi connectivity index (χ1n) is 8.61. The number of Topliss-reactive ketones (excluding diaryl/α,β-unsaturated/α-hetero) is 2. The molecule has 5 nitrogen and oxygen atoms in total. The third-order valence-corrected chi connectivity index (χ3v) is 6.20. The molecule has 148 valence electrons. The quantitative estimate of drug-likeness (QED) is 0.590. The summed E-state index contributed by atoms with van der Waals surface area (Å²) in [6.45, 7) is 3.22. The van der Waals surface area contributed by atoms with Crippen LogP contribution in [0.15, 0.2) is 62.9 Å². The highest BCUT2D eigenvalue weighted by atomic mass is 35.5. The van der Waals surface area contributed by atoms with E-state index < -0.39 is 5.92 Å². The van der Waals surface area contributed by atoms with Crippen molar-refractivity contribution in [1.82, 2.24) is 5.32 Å². The van der Waals surface area contributed by atoms with Gasteiger partial charge in [-0.15, -0.1) is 0 Å². The predicted molar refractivity (Wildman–Crippen MR) is 114 cm³/mol. The summed E-state index contributed by atoms with van der Waals surface area (Å²) in [7, 11) is 0. The molecule has 1 aromatic heterocycles. The molecule has 0 saturated heterocycles. The number of halogens is 2. The number of ketones is 2. The summed E-state index contributed by atoms with van der Waals surface area (Å²) in [5.74, 6) is -0.342. The van der Waals surface area contributed by atoms with Gasteiger partial charge in [-0.2, -0.15) is 5.26 Å². The third-order valence-electron chi connectivity index (χ3n) is 4.44. The lowest BCUT2D eigenvalue weighted by atomic mass is 9.84. The first kappa shape index (κ1) is 21.3. The van der Waals surface area contributed by atoms with Gasteiger partial charge in [0.05, 0.1) is 44.7 Å². The number of nitrogens with one attached hydrogen (secondary N) is 1.